The quantitative estimate of drug-likeness (QED) is 0.534. The summed E-state index contributed by atoms with van der Waals surface area (Å²) in [5.41, 5.74) is 0.995. The highest BCUT2D eigenvalue weighted by Crippen LogP contribution is 2.23. The molecule has 0 unspecified atom stereocenters. The topological polar surface area (TPSA) is 95.9 Å². The normalized spacial score (nSPS) is 11.0. The van der Waals surface area contributed by atoms with Gasteiger partial charge in [-0.1, -0.05) is 11.6 Å². The fourth-order valence-corrected chi connectivity index (χ4v) is 2.61. The van der Waals surface area contributed by atoms with Crippen molar-refractivity contribution in [2.75, 3.05) is 10.6 Å². The highest BCUT2D eigenvalue weighted by molar-refractivity contribution is 6.29. The van der Waals surface area contributed by atoms with Crippen molar-refractivity contribution in [2.45, 2.75) is 26.5 Å². The van der Waals surface area contributed by atoms with Gasteiger partial charge < -0.3 is 15.7 Å². The molecule has 10 heteroatoms. The fourth-order valence-electron chi connectivity index (χ4n) is 2.38. The molecule has 0 aliphatic rings. The highest BCUT2D eigenvalue weighted by atomic mass is 35.5. The lowest BCUT2D eigenvalue weighted by Crippen LogP contribution is -2.14. The van der Waals surface area contributed by atoms with Crippen molar-refractivity contribution >= 4 is 29.2 Å². The van der Waals surface area contributed by atoms with Crippen LogP contribution in [-0.2, 0) is 6.61 Å². The monoisotopic (exact) mass is 406 g/mol. The van der Waals surface area contributed by atoms with E-state index in [0.717, 1.165) is 18.2 Å². The van der Waals surface area contributed by atoms with Gasteiger partial charge in [0.05, 0.1) is 6.61 Å². The van der Waals surface area contributed by atoms with Gasteiger partial charge in [-0.15, -0.1) is 0 Å². The number of aromatic nitrogens is 4. The van der Waals surface area contributed by atoms with Crippen molar-refractivity contribution in [3.63, 3.8) is 0 Å². The second kappa shape index (κ2) is 8.41. The van der Waals surface area contributed by atoms with Gasteiger partial charge in [0.1, 0.15) is 22.5 Å². The molecule has 0 amide bonds. The Balaban J connectivity index is 2.05. The van der Waals surface area contributed by atoms with E-state index in [-0.39, 0.29) is 41.2 Å². The van der Waals surface area contributed by atoms with E-state index in [4.69, 9.17) is 11.6 Å². The lowest BCUT2D eigenvalue weighted by molar-refractivity contribution is 0.282. The van der Waals surface area contributed by atoms with Crippen LogP contribution in [0.4, 0.5) is 26.4 Å². The van der Waals surface area contributed by atoms with E-state index in [9.17, 15) is 13.9 Å². The number of nitrogens with one attached hydrogen (secondary N) is 2. The summed E-state index contributed by atoms with van der Waals surface area (Å²) in [7, 11) is 0. The van der Waals surface area contributed by atoms with Crippen molar-refractivity contribution in [2.24, 2.45) is 0 Å². The number of benzene rings is 1. The molecule has 2 aromatic heterocycles. The summed E-state index contributed by atoms with van der Waals surface area (Å²) in [6.07, 6.45) is 0. The first kappa shape index (κ1) is 19.8. The van der Waals surface area contributed by atoms with Gasteiger partial charge >= 0.3 is 0 Å². The van der Waals surface area contributed by atoms with Crippen LogP contribution in [0.5, 0.6) is 0 Å². The van der Waals surface area contributed by atoms with Gasteiger partial charge in [-0.25, -0.2) is 13.8 Å². The second-order valence-corrected chi connectivity index (χ2v) is 6.62. The SMILES string of the molecule is CC(C)Nc1nc(Nc2cc(F)cc(F)c2)nc(-c2cc(CO)cc(Cl)n2)n1. The Morgan fingerprint density at radius 3 is 2.29 bits per heavy atom. The average Bonchev–Trinajstić information content (AvgIpc) is 2.59. The molecule has 3 aromatic rings. The Morgan fingerprint density at radius 2 is 1.64 bits per heavy atom. The third kappa shape index (κ3) is 5.08. The molecule has 28 heavy (non-hydrogen) atoms. The molecule has 0 saturated heterocycles. The van der Waals surface area contributed by atoms with E-state index in [1.807, 2.05) is 13.8 Å². The number of aliphatic hydroxyl groups is 1. The number of pyridine rings is 1. The zero-order chi connectivity index (χ0) is 20.3. The van der Waals surface area contributed by atoms with Crippen LogP contribution >= 0.6 is 11.6 Å². The van der Waals surface area contributed by atoms with Crippen molar-refractivity contribution in [3.05, 3.63) is 52.7 Å². The molecular weight excluding hydrogens is 390 g/mol. The summed E-state index contributed by atoms with van der Waals surface area (Å²) in [4.78, 5) is 17.0. The van der Waals surface area contributed by atoms with Gasteiger partial charge in [0.15, 0.2) is 5.82 Å². The summed E-state index contributed by atoms with van der Waals surface area (Å²) in [6.45, 7) is 3.57. The lowest BCUT2D eigenvalue weighted by Gasteiger charge is -2.12. The zero-order valence-electron chi connectivity index (χ0n) is 15.0. The number of hydrogen-bond acceptors (Lipinski definition) is 7. The Bertz CT molecular complexity index is 982. The molecule has 0 aliphatic heterocycles. The average molecular weight is 407 g/mol. The molecule has 0 fully saturated rings. The van der Waals surface area contributed by atoms with E-state index >= 15 is 0 Å². The van der Waals surface area contributed by atoms with Gasteiger partial charge in [-0.05, 0) is 43.7 Å². The minimum absolute atomic E-state index is 0.0232. The molecule has 0 radical (unpaired) electrons. The van der Waals surface area contributed by atoms with E-state index < -0.39 is 11.6 Å². The standard InChI is InChI=1S/C18H17ClF2N6O/c1-9(2)22-17-25-16(14-3-10(8-28)4-15(19)24-14)26-18(27-17)23-13-6-11(20)5-12(21)7-13/h3-7,9,28H,8H2,1-2H3,(H2,22,23,25,26,27). The smallest absolute Gasteiger partial charge is 0.232 e. The lowest BCUT2D eigenvalue weighted by atomic mass is 10.2. The number of rotatable bonds is 6. The fraction of sp³-hybridized carbons (Fsp3) is 0.222. The summed E-state index contributed by atoms with van der Waals surface area (Å²) in [6, 6.07) is 6.13. The van der Waals surface area contributed by atoms with Crippen LogP contribution in [-0.4, -0.2) is 31.1 Å². The number of hydrogen-bond donors (Lipinski definition) is 3. The zero-order valence-corrected chi connectivity index (χ0v) is 15.8. The van der Waals surface area contributed by atoms with Crippen molar-refractivity contribution in [3.8, 4) is 11.5 Å². The third-order valence-electron chi connectivity index (χ3n) is 3.44. The molecule has 7 nitrogen and oxygen atoms in total. The first-order valence-electron chi connectivity index (χ1n) is 8.36. The molecule has 0 spiro atoms. The van der Waals surface area contributed by atoms with Crippen LogP contribution in [0.3, 0.4) is 0 Å². The van der Waals surface area contributed by atoms with Gasteiger partial charge in [-0.3, -0.25) is 0 Å². The van der Waals surface area contributed by atoms with Crippen molar-refractivity contribution in [1.82, 2.24) is 19.9 Å². The minimum atomic E-state index is -0.735. The largest absolute Gasteiger partial charge is 0.392 e. The van der Waals surface area contributed by atoms with Crippen LogP contribution in [0.15, 0.2) is 30.3 Å². The van der Waals surface area contributed by atoms with Gasteiger partial charge in [0.25, 0.3) is 0 Å². The minimum Gasteiger partial charge on any atom is -0.392 e. The number of nitrogens with zero attached hydrogens (tertiary/aromatic N) is 4. The van der Waals surface area contributed by atoms with Crippen LogP contribution in [0, 0.1) is 11.6 Å². The van der Waals surface area contributed by atoms with Gasteiger partial charge in [0, 0.05) is 17.8 Å². The predicted molar refractivity (Wildman–Crippen MR) is 102 cm³/mol. The first-order valence-corrected chi connectivity index (χ1v) is 8.73. The van der Waals surface area contributed by atoms with Crippen LogP contribution < -0.4 is 10.6 Å². The van der Waals surface area contributed by atoms with E-state index in [2.05, 4.69) is 30.6 Å². The Hall–Kier alpha value is -2.91. The molecule has 0 bridgehead atoms. The Kier molecular flexibility index (Phi) is 5.96. The Labute approximate surface area is 164 Å². The summed E-state index contributed by atoms with van der Waals surface area (Å²) in [5, 5.41) is 15.3. The van der Waals surface area contributed by atoms with Crippen LogP contribution in [0.2, 0.25) is 5.15 Å². The first-order chi connectivity index (χ1) is 13.3. The maximum Gasteiger partial charge on any atom is 0.232 e. The maximum absolute atomic E-state index is 13.5. The molecule has 1 aromatic carbocycles. The maximum atomic E-state index is 13.5. The highest BCUT2D eigenvalue weighted by Gasteiger charge is 2.13. The molecule has 0 aliphatic carbocycles. The molecule has 146 valence electrons. The molecular formula is C18H17ClF2N6O. The van der Waals surface area contributed by atoms with Crippen molar-refractivity contribution in [1.29, 1.82) is 0 Å². The summed E-state index contributed by atoms with van der Waals surface area (Å²) >= 11 is 6.00. The molecule has 2 heterocycles. The van der Waals surface area contributed by atoms with Gasteiger partial charge in [0.2, 0.25) is 11.9 Å². The summed E-state index contributed by atoms with van der Waals surface area (Å²) < 4.78 is 26.9. The molecule has 3 N–H and O–H groups in total. The number of halogens is 3. The second-order valence-electron chi connectivity index (χ2n) is 6.23. The van der Waals surface area contributed by atoms with Crippen LogP contribution in [0.1, 0.15) is 19.4 Å². The van der Waals surface area contributed by atoms with E-state index in [1.54, 1.807) is 6.07 Å². The number of anilines is 3. The van der Waals surface area contributed by atoms with E-state index in [1.165, 1.54) is 6.07 Å². The van der Waals surface area contributed by atoms with Crippen molar-refractivity contribution < 1.29 is 13.9 Å². The molecule has 0 atom stereocenters. The third-order valence-corrected chi connectivity index (χ3v) is 3.63. The van der Waals surface area contributed by atoms with E-state index in [0.29, 0.717) is 11.3 Å². The Morgan fingerprint density at radius 1 is 0.964 bits per heavy atom. The summed E-state index contributed by atoms with van der Waals surface area (Å²) in [5.74, 6) is -0.991. The van der Waals surface area contributed by atoms with Gasteiger partial charge in [-0.2, -0.15) is 15.0 Å². The predicted octanol–water partition coefficient (Wildman–Crippen LogP) is 3.92. The molecule has 0 saturated carbocycles. The number of aliphatic hydroxyl groups excluding tert-OH is 1. The molecule has 3 rings (SSSR count). The van der Waals surface area contributed by atoms with Crippen LogP contribution in [0.25, 0.3) is 11.5 Å².